The normalized spacial score (nSPS) is 14.6. The van der Waals surface area contributed by atoms with Gasteiger partial charge in [-0.15, -0.1) is 11.3 Å². The van der Waals surface area contributed by atoms with Gasteiger partial charge in [0, 0.05) is 44.3 Å². The van der Waals surface area contributed by atoms with Gasteiger partial charge in [0.25, 0.3) is 5.91 Å². The van der Waals surface area contributed by atoms with Crippen molar-refractivity contribution in [3.8, 4) is 5.69 Å². The van der Waals surface area contributed by atoms with Crippen LogP contribution in [0.1, 0.15) is 22.2 Å². The van der Waals surface area contributed by atoms with Crippen LogP contribution >= 0.6 is 11.3 Å². The summed E-state index contributed by atoms with van der Waals surface area (Å²) in [6.45, 7) is 5.06. The largest absolute Gasteiger partial charge is 0.335 e. The number of carbonyl (C=O) groups is 2. The van der Waals surface area contributed by atoms with Crippen LogP contribution in [-0.2, 0) is 11.2 Å². The summed E-state index contributed by atoms with van der Waals surface area (Å²) in [7, 11) is 0. The zero-order valence-corrected chi connectivity index (χ0v) is 17.9. The summed E-state index contributed by atoms with van der Waals surface area (Å²) >= 11 is 1.48. The van der Waals surface area contributed by atoms with Crippen LogP contribution in [0.15, 0.2) is 60.2 Å². The summed E-state index contributed by atoms with van der Waals surface area (Å²) < 4.78 is 1.97. The van der Waals surface area contributed by atoms with Gasteiger partial charge in [-0.05, 0) is 41.6 Å². The lowest BCUT2D eigenvalue weighted by atomic mass is 10.1. The van der Waals surface area contributed by atoms with Crippen LogP contribution in [0.3, 0.4) is 0 Å². The molecule has 1 saturated heterocycles. The Hall–Kier alpha value is -2.90. The standard InChI is InChI=1S/C23H26N4O2S/c1-2-18-7-3-4-8-19(18)24-21(28)17-25-12-14-27(15-13-25)23(29)22-20(9-16-30-22)26-10-5-6-11-26/h3-11,16H,2,12-15,17H2,1H3,(H,24,28). The molecule has 4 rings (SSSR count). The Labute approximate surface area is 180 Å². The highest BCUT2D eigenvalue weighted by atomic mass is 32.1. The molecule has 0 radical (unpaired) electrons. The SMILES string of the molecule is CCc1ccccc1NC(=O)CN1CCN(C(=O)c2sccc2-n2cccc2)CC1. The van der Waals surface area contributed by atoms with Crippen molar-refractivity contribution in [2.24, 2.45) is 0 Å². The zero-order valence-electron chi connectivity index (χ0n) is 17.1. The summed E-state index contributed by atoms with van der Waals surface area (Å²) in [6.07, 6.45) is 4.78. The van der Waals surface area contributed by atoms with Gasteiger partial charge in [-0.1, -0.05) is 25.1 Å². The second-order valence-corrected chi connectivity index (χ2v) is 8.27. The molecule has 3 heterocycles. The number of nitrogens with zero attached hydrogens (tertiary/aromatic N) is 3. The number of thiophene rings is 1. The number of para-hydroxylation sites is 1. The number of hydrogen-bond donors (Lipinski definition) is 1. The molecule has 1 fully saturated rings. The van der Waals surface area contributed by atoms with Crippen LogP contribution in [0, 0.1) is 0 Å². The van der Waals surface area contributed by atoms with Gasteiger partial charge < -0.3 is 14.8 Å². The van der Waals surface area contributed by atoms with Crippen LogP contribution in [0.2, 0.25) is 0 Å². The Morgan fingerprint density at radius 2 is 1.73 bits per heavy atom. The lowest BCUT2D eigenvalue weighted by Crippen LogP contribution is -2.50. The first-order valence-corrected chi connectivity index (χ1v) is 11.1. The Bertz CT molecular complexity index is 1000. The molecular weight excluding hydrogens is 396 g/mol. The second-order valence-electron chi connectivity index (χ2n) is 7.35. The van der Waals surface area contributed by atoms with Gasteiger partial charge in [-0.2, -0.15) is 0 Å². The van der Waals surface area contributed by atoms with E-state index in [1.807, 2.05) is 69.7 Å². The number of piperazine rings is 1. The summed E-state index contributed by atoms with van der Waals surface area (Å²) in [5.41, 5.74) is 2.94. The average molecular weight is 423 g/mol. The van der Waals surface area contributed by atoms with E-state index in [0.29, 0.717) is 32.7 Å². The van der Waals surface area contributed by atoms with Gasteiger partial charge in [0.15, 0.2) is 0 Å². The molecule has 2 aromatic heterocycles. The Kier molecular flexibility index (Phi) is 6.30. The first kappa shape index (κ1) is 20.4. The van der Waals surface area contributed by atoms with E-state index in [1.165, 1.54) is 11.3 Å². The molecule has 1 aromatic carbocycles. The molecule has 0 spiro atoms. The third-order valence-electron chi connectivity index (χ3n) is 5.42. The van der Waals surface area contributed by atoms with E-state index in [0.717, 1.165) is 28.2 Å². The number of carbonyl (C=O) groups excluding carboxylic acids is 2. The van der Waals surface area contributed by atoms with E-state index in [4.69, 9.17) is 0 Å². The van der Waals surface area contributed by atoms with Crippen molar-refractivity contribution < 1.29 is 9.59 Å². The quantitative estimate of drug-likeness (QED) is 0.662. The number of hydrogen-bond acceptors (Lipinski definition) is 4. The summed E-state index contributed by atoms with van der Waals surface area (Å²) in [5, 5.41) is 4.98. The molecule has 1 aliphatic heterocycles. The topological polar surface area (TPSA) is 57.6 Å². The van der Waals surface area contributed by atoms with Crippen molar-refractivity contribution in [1.82, 2.24) is 14.4 Å². The molecule has 0 bridgehead atoms. The predicted octanol–water partition coefficient (Wildman–Crippen LogP) is 3.50. The first-order valence-electron chi connectivity index (χ1n) is 10.3. The van der Waals surface area contributed by atoms with Crippen molar-refractivity contribution in [3.05, 3.63) is 70.7 Å². The first-order chi connectivity index (χ1) is 14.7. The average Bonchev–Trinajstić information content (AvgIpc) is 3.46. The van der Waals surface area contributed by atoms with E-state index >= 15 is 0 Å². The number of aryl methyl sites for hydroxylation is 1. The fraction of sp³-hybridized carbons (Fsp3) is 0.304. The number of benzene rings is 1. The molecule has 2 amide bonds. The molecule has 30 heavy (non-hydrogen) atoms. The Morgan fingerprint density at radius 1 is 1.00 bits per heavy atom. The van der Waals surface area contributed by atoms with Gasteiger partial charge in [-0.25, -0.2) is 0 Å². The third kappa shape index (κ3) is 4.47. The maximum absolute atomic E-state index is 13.0. The number of rotatable bonds is 6. The van der Waals surface area contributed by atoms with E-state index in [9.17, 15) is 9.59 Å². The maximum atomic E-state index is 13.0. The molecular formula is C23H26N4O2S. The van der Waals surface area contributed by atoms with Gasteiger partial charge in [0.2, 0.25) is 5.91 Å². The molecule has 7 heteroatoms. The van der Waals surface area contributed by atoms with Crippen LogP contribution in [0.4, 0.5) is 5.69 Å². The molecule has 0 unspecified atom stereocenters. The molecule has 1 N–H and O–H groups in total. The zero-order chi connectivity index (χ0) is 20.9. The predicted molar refractivity (Wildman–Crippen MR) is 120 cm³/mol. The number of aromatic nitrogens is 1. The lowest BCUT2D eigenvalue weighted by Gasteiger charge is -2.34. The number of nitrogens with one attached hydrogen (secondary N) is 1. The van der Waals surface area contributed by atoms with Gasteiger partial charge in [0.1, 0.15) is 4.88 Å². The summed E-state index contributed by atoms with van der Waals surface area (Å²) in [5.74, 6) is 0.0542. The van der Waals surface area contributed by atoms with Crippen LogP contribution < -0.4 is 5.32 Å². The van der Waals surface area contributed by atoms with Gasteiger partial charge in [-0.3, -0.25) is 14.5 Å². The van der Waals surface area contributed by atoms with E-state index in [2.05, 4.69) is 17.1 Å². The van der Waals surface area contributed by atoms with E-state index in [-0.39, 0.29) is 11.8 Å². The van der Waals surface area contributed by atoms with Crippen molar-refractivity contribution in [1.29, 1.82) is 0 Å². The monoisotopic (exact) mass is 422 g/mol. The van der Waals surface area contributed by atoms with Gasteiger partial charge >= 0.3 is 0 Å². The van der Waals surface area contributed by atoms with E-state index in [1.54, 1.807) is 0 Å². The number of amides is 2. The minimum atomic E-state index is -0.0103. The van der Waals surface area contributed by atoms with E-state index < -0.39 is 0 Å². The minimum absolute atomic E-state index is 0.0103. The maximum Gasteiger partial charge on any atom is 0.266 e. The van der Waals surface area contributed by atoms with Crippen LogP contribution in [0.25, 0.3) is 5.69 Å². The fourth-order valence-electron chi connectivity index (χ4n) is 3.76. The Morgan fingerprint density at radius 3 is 2.47 bits per heavy atom. The molecule has 0 aliphatic carbocycles. The van der Waals surface area contributed by atoms with Gasteiger partial charge in [0.05, 0.1) is 12.2 Å². The lowest BCUT2D eigenvalue weighted by molar-refractivity contribution is -0.117. The van der Waals surface area contributed by atoms with Crippen molar-refractivity contribution >= 4 is 28.8 Å². The molecule has 3 aromatic rings. The fourth-order valence-corrected chi connectivity index (χ4v) is 4.61. The highest BCUT2D eigenvalue weighted by Crippen LogP contribution is 2.24. The third-order valence-corrected chi connectivity index (χ3v) is 6.31. The highest BCUT2D eigenvalue weighted by Gasteiger charge is 2.26. The Balaban J connectivity index is 1.32. The minimum Gasteiger partial charge on any atom is -0.335 e. The highest BCUT2D eigenvalue weighted by molar-refractivity contribution is 7.12. The van der Waals surface area contributed by atoms with Crippen molar-refractivity contribution in [2.75, 3.05) is 38.0 Å². The number of anilines is 1. The molecule has 6 nitrogen and oxygen atoms in total. The van der Waals surface area contributed by atoms with Crippen LogP contribution in [-0.4, -0.2) is 58.9 Å². The summed E-state index contributed by atoms with van der Waals surface area (Å²) in [4.78, 5) is 30.3. The molecule has 156 valence electrons. The molecule has 0 saturated carbocycles. The van der Waals surface area contributed by atoms with Crippen molar-refractivity contribution in [3.63, 3.8) is 0 Å². The molecule has 0 atom stereocenters. The molecule has 1 aliphatic rings. The van der Waals surface area contributed by atoms with Crippen molar-refractivity contribution in [2.45, 2.75) is 13.3 Å². The van der Waals surface area contributed by atoms with Crippen LogP contribution in [0.5, 0.6) is 0 Å². The second kappa shape index (κ2) is 9.28. The summed E-state index contributed by atoms with van der Waals surface area (Å²) in [6, 6.07) is 13.8. The smallest absolute Gasteiger partial charge is 0.266 e.